The van der Waals surface area contributed by atoms with Crippen LogP contribution in [0, 0.1) is 6.92 Å². The van der Waals surface area contributed by atoms with Gasteiger partial charge in [-0.05, 0) is 6.92 Å². The number of fused-ring (bicyclic) bond motifs is 2. The summed E-state index contributed by atoms with van der Waals surface area (Å²) < 4.78 is 12.1. The number of nitrogens with one attached hydrogen (secondary N) is 1. The minimum Gasteiger partial charge on any atom is -0.393 e. The minimum atomic E-state index is -1.20. The first-order valence-electron chi connectivity index (χ1n) is 5.89. The van der Waals surface area contributed by atoms with Crippen molar-refractivity contribution >= 4 is 0 Å². The number of aromatic amines is 1. The Hall–Kier alpha value is -1.48. The molecule has 8 nitrogen and oxygen atoms in total. The molecular weight excluding hydrogens is 256 g/mol. The Morgan fingerprint density at radius 3 is 2.95 bits per heavy atom. The summed E-state index contributed by atoms with van der Waals surface area (Å²) in [6.07, 6.45) is -1.26. The van der Waals surface area contributed by atoms with Gasteiger partial charge in [-0.1, -0.05) is 0 Å². The van der Waals surface area contributed by atoms with Crippen LogP contribution in [0.4, 0.5) is 0 Å². The molecule has 1 unspecified atom stereocenters. The van der Waals surface area contributed by atoms with E-state index in [1.165, 1.54) is 10.8 Å². The van der Waals surface area contributed by atoms with Crippen LogP contribution in [0.5, 0.6) is 0 Å². The molecule has 2 saturated heterocycles. The van der Waals surface area contributed by atoms with Gasteiger partial charge in [-0.3, -0.25) is 14.3 Å². The molecule has 19 heavy (non-hydrogen) atoms. The smallest absolute Gasteiger partial charge is 0.330 e. The predicted molar refractivity (Wildman–Crippen MR) is 61.7 cm³/mol. The molecular formula is C11H14N2O6. The number of ether oxygens (including phenoxy) is 2. The second-order valence-electron chi connectivity index (χ2n) is 4.93. The lowest BCUT2D eigenvalue weighted by molar-refractivity contribution is -0.187. The third kappa shape index (κ3) is 1.61. The summed E-state index contributed by atoms with van der Waals surface area (Å²) in [6, 6.07) is 0. The van der Waals surface area contributed by atoms with Gasteiger partial charge in [-0.25, -0.2) is 4.79 Å². The number of H-pyrrole nitrogens is 1. The lowest BCUT2D eigenvalue weighted by atomic mass is 10.0. The number of hydrogen-bond acceptors (Lipinski definition) is 6. The average Bonchev–Trinajstić information content (AvgIpc) is 2.85. The molecule has 8 heteroatoms. The summed E-state index contributed by atoms with van der Waals surface area (Å²) in [7, 11) is 0. The first-order chi connectivity index (χ1) is 8.98. The Kier molecular flexibility index (Phi) is 2.65. The zero-order valence-electron chi connectivity index (χ0n) is 10.2. The molecule has 3 N–H and O–H groups in total. The second kappa shape index (κ2) is 4.01. The lowest BCUT2D eigenvalue weighted by Crippen LogP contribution is -2.44. The molecule has 0 amide bonds. The zero-order valence-corrected chi connectivity index (χ0v) is 10.2. The van der Waals surface area contributed by atoms with Gasteiger partial charge in [0, 0.05) is 11.8 Å². The highest BCUT2D eigenvalue weighted by Crippen LogP contribution is 2.44. The van der Waals surface area contributed by atoms with Crippen molar-refractivity contribution in [2.45, 2.75) is 31.0 Å². The first kappa shape index (κ1) is 12.5. The Balaban J connectivity index is 2.04. The van der Waals surface area contributed by atoms with E-state index in [1.807, 2.05) is 0 Å². The maximum absolute atomic E-state index is 11.8. The molecule has 3 heterocycles. The maximum Gasteiger partial charge on any atom is 0.330 e. The van der Waals surface area contributed by atoms with E-state index in [0.717, 1.165) is 0 Å². The lowest BCUT2D eigenvalue weighted by Gasteiger charge is -2.29. The van der Waals surface area contributed by atoms with Gasteiger partial charge in [0.25, 0.3) is 5.56 Å². The Morgan fingerprint density at radius 2 is 2.32 bits per heavy atom. The van der Waals surface area contributed by atoms with E-state index in [2.05, 4.69) is 4.98 Å². The number of aryl methyl sites for hydroxylation is 1. The molecule has 1 aromatic heterocycles. The van der Waals surface area contributed by atoms with Crippen LogP contribution in [0.25, 0.3) is 0 Å². The van der Waals surface area contributed by atoms with Gasteiger partial charge in [0.2, 0.25) is 0 Å². The second-order valence-corrected chi connectivity index (χ2v) is 4.93. The molecule has 2 fully saturated rings. The summed E-state index contributed by atoms with van der Waals surface area (Å²) in [6.45, 7) is 1.22. The fourth-order valence-corrected chi connectivity index (χ4v) is 2.53. The first-order valence-corrected chi connectivity index (χ1v) is 5.89. The van der Waals surface area contributed by atoms with E-state index >= 15 is 0 Å². The van der Waals surface area contributed by atoms with E-state index in [0.29, 0.717) is 5.56 Å². The van der Waals surface area contributed by atoms with Crippen LogP contribution in [0.15, 0.2) is 15.8 Å². The summed E-state index contributed by atoms with van der Waals surface area (Å²) in [5.74, 6) is 0. The van der Waals surface area contributed by atoms with Gasteiger partial charge in [0.05, 0.1) is 13.2 Å². The molecule has 0 aromatic carbocycles. The molecule has 2 bridgehead atoms. The van der Waals surface area contributed by atoms with Gasteiger partial charge in [-0.2, -0.15) is 0 Å². The molecule has 0 saturated carbocycles. The van der Waals surface area contributed by atoms with E-state index in [4.69, 9.17) is 9.47 Å². The molecule has 2 aliphatic heterocycles. The topological polar surface area (TPSA) is 114 Å². The van der Waals surface area contributed by atoms with E-state index in [-0.39, 0.29) is 6.61 Å². The highest BCUT2D eigenvalue weighted by molar-refractivity contribution is 5.09. The van der Waals surface area contributed by atoms with Crippen molar-refractivity contribution in [3.8, 4) is 0 Å². The molecule has 104 valence electrons. The monoisotopic (exact) mass is 270 g/mol. The standard InChI is InChI=1S/C11H14N2O6/c1-5-2-13(10(17)12-8(5)16)9-6-7(15)11(3-14,19-9)4-18-6/h2,6-7,9,14-15H,3-4H2,1H3,(H,12,16,17)/t6-,7?,9-,11+/m1/s1. The number of aliphatic hydroxyl groups is 2. The molecule has 0 aliphatic carbocycles. The van der Waals surface area contributed by atoms with Crippen molar-refractivity contribution < 1.29 is 19.7 Å². The minimum absolute atomic E-state index is 0.0723. The van der Waals surface area contributed by atoms with Crippen molar-refractivity contribution in [2.24, 2.45) is 0 Å². The van der Waals surface area contributed by atoms with Crippen LogP contribution in [0.1, 0.15) is 11.8 Å². The highest BCUT2D eigenvalue weighted by Gasteiger charge is 2.61. The number of aromatic nitrogens is 2. The molecule has 2 aliphatic rings. The van der Waals surface area contributed by atoms with Crippen LogP contribution in [0.2, 0.25) is 0 Å². The van der Waals surface area contributed by atoms with Crippen LogP contribution in [-0.2, 0) is 9.47 Å². The summed E-state index contributed by atoms with van der Waals surface area (Å²) in [5, 5.41) is 19.4. The van der Waals surface area contributed by atoms with Crippen LogP contribution in [-0.4, -0.2) is 50.8 Å². The fourth-order valence-electron chi connectivity index (χ4n) is 2.53. The third-order valence-electron chi connectivity index (χ3n) is 3.69. The molecule has 4 atom stereocenters. The zero-order chi connectivity index (χ0) is 13.8. The summed E-state index contributed by atoms with van der Waals surface area (Å²) in [5.41, 5.74) is -1.96. The molecule has 1 aromatic rings. The van der Waals surface area contributed by atoms with Crippen molar-refractivity contribution in [3.63, 3.8) is 0 Å². The van der Waals surface area contributed by atoms with Gasteiger partial charge in [-0.15, -0.1) is 0 Å². The molecule has 0 spiro atoms. The van der Waals surface area contributed by atoms with Crippen LogP contribution < -0.4 is 11.2 Å². The van der Waals surface area contributed by atoms with E-state index in [9.17, 15) is 19.8 Å². The Bertz CT molecular complexity index is 622. The van der Waals surface area contributed by atoms with Gasteiger partial charge in [0.15, 0.2) is 6.23 Å². The van der Waals surface area contributed by atoms with E-state index < -0.39 is 41.9 Å². The Labute approximate surface area is 107 Å². The normalized spacial score (nSPS) is 36.9. The van der Waals surface area contributed by atoms with Crippen molar-refractivity contribution in [2.75, 3.05) is 13.2 Å². The van der Waals surface area contributed by atoms with Gasteiger partial charge in [0.1, 0.15) is 17.8 Å². The number of aliphatic hydroxyl groups excluding tert-OH is 2. The SMILES string of the molecule is Cc1cn([C@@H]2O[C@@]3(CO)CO[C@@H]2C3O)c(=O)[nH]c1=O. The largest absolute Gasteiger partial charge is 0.393 e. The predicted octanol–water partition coefficient (Wildman–Crippen LogP) is -2.14. The third-order valence-corrected chi connectivity index (χ3v) is 3.69. The van der Waals surface area contributed by atoms with Crippen LogP contribution in [0.3, 0.4) is 0 Å². The van der Waals surface area contributed by atoms with Crippen molar-refractivity contribution in [1.29, 1.82) is 0 Å². The Morgan fingerprint density at radius 1 is 1.58 bits per heavy atom. The fraction of sp³-hybridized carbons (Fsp3) is 0.636. The molecule has 3 rings (SSSR count). The van der Waals surface area contributed by atoms with Gasteiger partial charge < -0.3 is 19.7 Å². The van der Waals surface area contributed by atoms with E-state index in [1.54, 1.807) is 6.92 Å². The number of rotatable bonds is 2. The quantitative estimate of drug-likeness (QED) is 0.565. The summed E-state index contributed by atoms with van der Waals surface area (Å²) in [4.78, 5) is 25.3. The van der Waals surface area contributed by atoms with Crippen molar-refractivity contribution in [3.05, 3.63) is 32.6 Å². The maximum atomic E-state index is 11.8. The van der Waals surface area contributed by atoms with Crippen molar-refractivity contribution in [1.82, 2.24) is 9.55 Å². The highest BCUT2D eigenvalue weighted by atomic mass is 16.7. The number of hydrogen-bond donors (Lipinski definition) is 3. The number of nitrogens with zero attached hydrogens (tertiary/aromatic N) is 1. The van der Waals surface area contributed by atoms with Gasteiger partial charge >= 0.3 is 5.69 Å². The molecule has 0 radical (unpaired) electrons. The summed E-state index contributed by atoms with van der Waals surface area (Å²) >= 11 is 0. The van der Waals surface area contributed by atoms with Crippen LogP contribution >= 0.6 is 0 Å². The average molecular weight is 270 g/mol.